The molecule has 7 heteroatoms. The Kier molecular flexibility index (Phi) is 6.35. The van der Waals surface area contributed by atoms with Crippen LogP contribution in [0.2, 0.25) is 0 Å². The van der Waals surface area contributed by atoms with E-state index in [1.54, 1.807) is 0 Å². The first-order valence-electron chi connectivity index (χ1n) is 7.61. The van der Waals surface area contributed by atoms with E-state index in [-0.39, 0.29) is 10.9 Å². The number of hydrogen-bond acceptors (Lipinski definition) is 5. The maximum Gasteiger partial charge on any atom is 0.233 e. The molecule has 3 N–H and O–H groups in total. The van der Waals surface area contributed by atoms with Crippen molar-refractivity contribution < 1.29 is 14.3 Å². The van der Waals surface area contributed by atoms with Gasteiger partial charge >= 0.3 is 0 Å². The number of thiocarbonyl (C=S) groups is 1. The summed E-state index contributed by atoms with van der Waals surface area (Å²) in [4.78, 5) is 15.1. The molecule has 2 aliphatic rings. The summed E-state index contributed by atoms with van der Waals surface area (Å²) in [5.41, 5.74) is 5.10. The molecule has 0 unspecified atom stereocenters. The lowest BCUT2D eigenvalue weighted by molar-refractivity contribution is -0.131. The SMILES string of the molecule is NC(=S)C1(C(=O)NCCCN2CCOCC2)CCOCC1. The normalized spacial score (nSPS) is 22.7. The van der Waals surface area contributed by atoms with Crippen LogP contribution in [0.25, 0.3) is 0 Å². The number of nitrogens with one attached hydrogen (secondary N) is 1. The maximum absolute atomic E-state index is 12.4. The number of nitrogens with zero attached hydrogens (tertiary/aromatic N) is 1. The van der Waals surface area contributed by atoms with E-state index < -0.39 is 5.41 Å². The van der Waals surface area contributed by atoms with Crippen LogP contribution in [-0.2, 0) is 14.3 Å². The van der Waals surface area contributed by atoms with Crippen LogP contribution in [0, 0.1) is 5.41 Å². The lowest BCUT2D eigenvalue weighted by Gasteiger charge is -2.34. The second-order valence-electron chi connectivity index (χ2n) is 5.62. The molecule has 2 saturated heterocycles. The van der Waals surface area contributed by atoms with Gasteiger partial charge in [-0.15, -0.1) is 0 Å². The van der Waals surface area contributed by atoms with Crippen molar-refractivity contribution in [3.63, 3.8) is 0 Å². The second-order valence-corrected chi connectivity index (χ2v) is 6.06. The minimum Gasteiger partial charge on any atom is -0.392 e. The van der Waals surface area contributed by atoms with Gasteiger partial charge in [0, 0.05) is 32.8 Å². The van der Waals surface area contributed by atoms with Crippen molar-refractivity contribution in [1.29, 1.82) is 0 Å². The Labute approximate surface area is 131 Å². The number of ether oxygens (including phenoxy) is 2. The van der Waals surface area contributed by atoms with Gasteiger partial charge in [-0.05, 0) is 25.8 Å². The number of carbonyl (C=O) groups excluding carboxylic acids is 1. The Morgan fingerprint density at radius 1 is 1.19 bits per heavy atom. The number of rotatable bonds is 6. The Hall–Kier alpha value is -0.760. The van der Waals surface area contributed by atoms with Crippen LogP contribution in [0.1, 0.15) is 19.3 Å². The first kappa shape index (κ1) is 16.6. The molecule has 1 amide bonds. The fourth-order valence-electron chi connectivity index (χ4n) is 2.80. The van der Waals surface area contributed by atoms with E-state index in [2.05, 4.69) is 10.2 Å². The van der Waals surface area contributed by atoms with Gasteiger partial charge in [-0.2, -0.15) is 0 Å². The van der Waals surface area contributed by atoms with Gasteiger partial charge in [-0.3, -0.25) is 9.69 Å². The lowest BCUT2D eigenvalue weighted by atomic mass is 9.79. The molecule has 2 aliphatic heterocycles. The Morgan fingerprint density at radius 2 is 1.81 bits per heavy atom. The molecule has 0 radical (unpaired) electrons. The van der Waals surface area contributed by atoms with Gasteiger partial charge in [0.2, 0.25) is 5.91 Å². The van der Waals surface area contributed by atoms with Gasteiger partial charge in [0.25, 0.3) is 0 Å². The van der Waals surface area contributed by atoms with Crippen molar-refractivity contribution >= 4 is 23.1 Å². The van der Waals surface area contributed by atoms with Crippen LogP contribution in [-0.4, -0.2) is 68.4 Å². The summed E-state index contributed by atoms with van der Waals surface area (Å²) in [7, 11) is 0. The standard InChI is InChI=1S/C14H25N3O3S/c15-12(21)14(2-8-19-9-3-14)13(18)16-4-1-5-17-6-10-20-11-7-17/h1-11H2,(H2,15,21)(H,16,18). The predicted octanol–water partition coefficient (Wildman–Crippen LogP) is -0.0922. The zero-order valence-electron chi connectivity index (χ0n) is 12.4. The zero-order chi connectivity index (χ0) is 15.1. The topological polar surface area (TPSA) is 76.8 Å². The zero-order valence-corrected chi connectivity index (χ0v) is 13.3. The first-order valence-corrected chi connectivity index (χ1v) is 8.02. The minimum absolute atomic E-state index is 0.0414. The van der Waals surface area contributed by atoms with E-state index in [0.29, 0.717) is 32.6 Å². The lowest BCUT2D eigenvalue weighted by Crippen LogP contribution is -2.52. The van der Waals surface area contributed by atoms with E-state index in [1.807, 2.05) is 0 Å². The quantitative estimate of drug-likeness (QED) is 0.527. The van der Waals surface area contributed by atoms with Gasteiger partial charge < -0.3 is 20.5 Å². The Bertz CT molecular complexity index is 366. The molecule has 0 atom stereocenters. The van der Waals surface area contributed by atoms with Crippen molar-refractivity contribution in [2.24, 2.45) is 11.1 Å². The first-order chi connectivity index (χ1) is 10.1. The molecule has 0 aromatic rings. The predicted molar refractivity (Wildman–Crippen MR) is 84.2 cm³/mol. The van der Waals surface area contributed by atoms with E-state index in [1.165, 1.54) is 0 Å². The molecule has 0 aromatic heterocycles. The molecule has 2 heterocycles. The van der Waals surface area contributed by atoms with E-state index in [4.69, 9.17) is 27.4 Å². The van der Waals surface area contributed by atoms with Gasteiger partial charge in [-0.25, -0.2) is 0 Å². The molecule has 0 bridgehead atoms. The van der Waals surface area contributed by atoms with Gasteiger partial charge in [0.1, 0.15) is 5.41 Å². The fourth-order valence-corrected chi connectivity index (χ4v) is 3.10. The highest BCUT2D eigenvalue weighted by molar-refractivity contribution is 7.80. The molecule has 120 valence electrons. The van der Waals surface area contributed by atoms with Crippen molar-refractivity contribution in [3.8, 4) is 0 Å². The van der Waals surface area contributed by atoms with Crippen molar-refractivity contribution in [2.45, 2.75) is 19.3 Å². The molecule has 6 nitrogen and oxygen atoms in total. The monoisotopic (exact) mass is 315 g/mol. The van der Waals surface area contributed by atoms with Crippen molar-refractivity contribution in [3.05, 3.63) is 0 Å². The third-order valence-electron chi connectivity index (χ3n) is 4.29. The molecule has 21 heavy (non-hydrogen) atoms. The number of hydrogen-bond donors (Lipinski definition) is 2. The van der Waals surface area contributed by atoms with Crippen LogP contribution in [0.4, 0.5) is 0 Å². The Balaban J connectivity index is 1.73. The van der Waals surface area contributed by atoms with E-state index in [0.717, 1.165) is 39.3 Å². The van der Waals surface area contributed by atoms with Crippen LogP contribution >= 0.6 is 12.2 Å². The largest absolute Gasteiger partial charge is 0.392 e. The summed E-state index contributed by atoms with van der Waals surface area (Å²) in [6.45, 7) is 6.27. The number of carbonyl (C=O) groups is 1. The van der Waals surface area contributed by atoms with Gasteiger partial charge in [0.15, 0.2) is 0 Å². The average Bonchev–Trinajstić information content (AvgIpc) is 2.53. The maximum atomic E-state index is 12.4. The number of morpholine rings is 1. The summed E-state index contributed by atoms with van der Waals surface area (Å²) in [5.74, 6) is -0.0414. The molecular weight excluding hydrogens is 290 g/mol. The summed E-state index contributed by atoms with van der Waals surface area (Å²) in [6.07, 6.45) is 2.09. The highest BCUT2D eigenvalue weighted by Crippen LogP contribution is 2.31. The van der Waals surface area contributed by atoms with Crippen LogP contribution < -0.4 is 11.1 Å². The molecule has 2 fully saturated rings. The third-order valence-corrected chi connectivity index (χ3v) is 4.68. The summed E-state index contributed by atoms with van der Waals surface area (Å²) < 4.78 is 10.6. The summed E-state index contributed by atoms with van der Waals surface area (Å²) in [5, 5.41) is 2.99. The second kappa shape index (κ2) is 8.03. The minimum atomic E-state index is -0.716. The molecule has 0 aliphatic carbocycles. The van der Waals surface area contributed by atoms with Crippen molar-refractivity contribution in [1.82, 2.24) is 10.2 Å². The molecule has 2 rings (SSSR count). The third kappa shape index (κ3) is 4.35. The highest BCUT2D eigenvalue weighted by Gasteiger charge is 2.42. The van der Waals surface area contributed by atoms with Crippen molar-refractivity contribution in [2.75, 3.05) is 52.6 Å². The Morgan fingerprint density at radius 3 is 2.43 bits per heavy atom. The van der Waals surface area contributed by atoms with Crippen LogP contribution in [0.3, 0.4) is 0 Å². The summed E-state index contributed by atoms with van der Waals surface area (Å²) >= 11 is 5.12. The van der Waals surface area contributed by atoms with E-state index in [9.17, 15) is 4.79 Å². The van der Waals surface area contributed by atoms with Gasteiger partial charge in [-0.1, -0.05) is 12.2 Å². The van der Waals surface area contributed by atoms with Crippen LogP contribution in [0.5, 0.6) is 0 Å². The smallest absolute Gasteiger partial charge is 0.233 e. The van der Waals surface area contributed by atoms with Crippen LogP contribution in [0.15, 0.2) is 0 Å². The molecular formula is C14H25N3O3S. The molecule has 0 saturated carbocycles. The number of amides is 1. The summed E-state index contributed by atoms with van der Waals surface area (Å²) in [6, 6.07) is 0. The molecule has 0 spiro atoms. The average molecular weight is 315 g/mol. The highest BCUT2D eigenvalue weighted by atomic mass is 32.1. The number of nitrogens with two attached hydrogens (primary N) is 1. The van der Waals surface area contributed by atoms with Gasteiger partial charge in [0.05, 0.1) is 18.2 Å². The van der Waals surface area contributed by atoms with E-state index >= 15 is 0 Å². The fraction of sp³-hybridized carbons (Fsp3) is 0.857. The molecule has 0 aromatic carbocycles.